The molecule has 0 amide bonds. The van der Waals surface area contributed by atoms with Crippen molar-refractivity contribution in [2.75, 3.05) is 0 Å². The van der Waals surface area contributed by atoms with E-state index in [1.54, 1.807) is 0 Å². The van der Waals surface area contributed by atoms with Gasteiger partial charge >= 0.3 is 0 Å². The van der Waals surface area contributed by atoms with E-state index in [9.17, 15) is 10.1 Å². The van der Waals surface area contributed by atoms with Crippen LogP contribution in [0.25, 0.3) is 6.08 Å². The van der Waals surface area contributed by atoms with Crippen LogP contribution in [0.3, 0.4) is 0 Å². The smallest absolute Gasteiger partial charge is 0.235 e. The maximum absolute atomic E-state index is 10.1. The van der Waals surface area contributed by atoms with Gasteiger partial charge in [-0.25, -0.2) is 0 Å². The van der Waals surface area contributed by atoms with Gasteiger partial charge in [-0.2, -0.15) is 0 Å². The van der Waals surface area contributed by atoms with E-state index in [4.69, 9.17) is 0 Å². The highest BCUT2D eigenvalue weighted by Crippen LogP contribution is 2.14. The van der Waals surface area contributed by atoms with Gasteiger partial charge in [0.2, 0.25) is 6.20 Å². The van der Waals surface area contributed by atoms with E-state index in [1.165, 1.54) is 6.08 Å². The lowest BCUT2D eigenvalue weighted by Crippen LogP contribution is -1.87. The molecule has 3 heteroatoms. The highest BCUT2D eigenvalue weighted by molar-refractivity contribution is 5.56. The number of rotatable bonds is 2. The minimum absolute atomic E-state index is 0.453. The first-order valence-corrected chi connectivity index (χ1v) is 4.99. The zero-order chi connectivity index (χ0) is 11.8. The van der Waals surface area contributed by atoms with Gasteiger partial charge in [0, 0.05) is 6.08 Å². The van der Waals surface area contributed by atoms with Crippen molar-refractivity contribution in [2.24, 2.45) is 0 Å². The Kier molecular flexibility index (Phi) is 6.02. The van der Waals surface area contributed by atoms with Crippen molar-refractivity contribution in [1.29, 1.82) is 0 Å². The Morgan fingerprint density at radius 2 is 1.67 bits per heavy atom. The largest absolute Gasteiger partial charge is 0.259 e. The molecule has 1 aromatic rings. The molecule has 0 radical (unpaired) electrons. The van der Waals surface area contributed by atoms with Gasteiger partial charge in [0.05, 0.1) is 4.92 Å². The first-order chi connectivity index (χ1) is 7.11. The third kappa shape index (κ3) is 4.40. The van der Waals surface area contributed by atoms with Gasteiger partial charge in [-0.05, 0) is 30.5 Å². The molecule has 0 saturated heterocycles. The molecule has 0 N–H and O–H groups in total. The van der Waals surface area contributed by atoms with Crippen LogP contribution in [-0.4, -0.2) is 4.92 Å². The van der Waals surface area contributed by atoms with E-state index in [0.29, 0.717) is 0 Å². The first kappa shape index (κ1) is 13.4. The van der Waals surface area contributed by atoms with Gasteiger partial charge in [-0.1, -0.05) is 32.0 Å². The molecule has 0 heterocycles. The Morgan fingerprint density at radius 3 is 2.07 bits per heavy atom. The van der Waals surface area contributed by atoms with Crippen LogP contribution < -0.4 is 0 Å². The summed E-state index contributed by atoms with van der Waals surface area (Å²) in [5.74, 6) is 0. The van der Waals surface area contributed by atoms with Crippen molar-refractivity contribution < 1.29 is 4.92 Å². The third-order valence-electron chi connectivity index (χ3n) is 1.91. The molecule has 0 aromatic heterocycles. The summed E-state index contributed by atoms with van der Waals surface area (Å²) in [5, 5.41) is 10.1. The lowest BCUT2D eigenvalue weighted by atomic mass is 10.0. The van der Waals surface area contributed by atoms with E-state index in [2.05, 4.69) is 0 Å². The monoisotopic (exact) mass is 207 g/mol. The van der Waals surface area contributed by atoms with Crippen molar-refractivity contribution in [2.45, 2.75) is 27.7 Å². The molecule has 1 rings (SSSR count). The molecule has 1 aromatic carbocycles. The van der Waals surface area contributed by atoms with Crippen LogP contribution in [0.4, 0.5) is 0 Å². The molecule has 0 aliphatic rings. The normalized spacial score (nSPS) is 9.60. The molecule has 15 heavy (non-hydrogen) atoms. The fraction of sp³-hybridized carbons (Fsp3) is 0.333. The number of nitro groups is 1. The number of benzene rings is 1. The number of hydrogen-bond donors (Lipinski definition) is 0. The van der Waals surface area contributed by atoms with Crippen molar-refractivity contribution in [3.8, 4) is 0 Å². The number of nitrogens with zero attached hydrogens (tertiary/aromatic N) is 1. The predicted octanol–water partition coefficient (Wildman–Crippen LogP) is 3.58. The Morgan fingerprint density at radius 1 is 1.20 bits per heavy atom. The molecule has 3 nitrogen and oxygen atoms in total. The summed E-state index contributed by atoms with van der Waals surface area (Å²) in [4.78, 5) is 9.66. The first-order valence-electron chi connectivity index (χ1n) is 4.99. The van der Waals surface area contributed by atoms with Gasteiger partial charge in [-0.15, -0.1) is 0 Å². The van der Waals surface area contributed by atoms with E-state index in [1.807, 2.05) is 45.9 Å². The molecule has 0 spiro atoms. The summed E-state index contributed by atoms with van der Waals surface area (Å²) in [6.45, 7) is 7.87. The second kappa shape index (κ2) is 6.76. The summed E-state index contributed by atoms with van der Waals surface area (Å²) in [5.41, 5.74) is 3.04. The third-order valence-corrected chi connectivity index (χ3v) is 1.91. The summed E-state index contributed by atoms with van der Waals surface area (Å²) < 4.78 is 0. The molecule has 82 valence electrons. The highest BCUT2D eigenvalue weighted by Gasteiger charge is 1.98. The van der Waals surface area contributed by atoms with Crippen molar-refractivity contribution in [1.82, 2.24) is 0 Å². The second-order valence-corrected chi connectivity index (χ2v) is 2.91. The Labute approximate surface area is 90.6 Å². The highest BCUT2D eigenvalue weighted by atomic mass is 16.6. The topological polar surface area (TPSA) is 43.1 Å². The average Bonchev–Trinajstić information content (AvgIpc) is 2.20. The number of hydrogen-bond acceptors (Lipinski definition) is 2. The maximum atomic E-state index is 10.1. The summed E-state index contributed by atoms with van der Waals surface area (Å²) in [6, 6.07) is 5.81. The molecule has 0 fully saturated rings. The second-order valence-electron chi connectivity index (χ2n) is 2.91. The summed E-state index contributed by atoms with van der Waals surface area (Å²) >= 11 is 0. The summed E-state index contributed by atoms with van der Waals surface area (Å²) in [6.07, 6.45) is 2.50. The van der Waals surface area contributed by atoms with Gasteiger partial charge < -0.3 is 0 Å². The van der Waals surface area contributed by atoms with Crippen molar-refractivity contribution in [3.63, 3.8) is 0 Å². The Bertz CT molecular complexity index is 336. The fourth-order valence-electron chi connectivity index (χ4n) is 1.23. The van der Waals surface area contributed by atoms with Crippen LogP contribution in [0.2, 0.25) is 0 Å². The van der Waals surface area contributed by atoms with Crippen molar-refractivity contribution >= 4 is 6.08 Å². The van der Waals surface area contributed by atoms with Gasteiger partial charge in [0.15, 0.2) is 0 Å². The van der Waals surface area contributed by atoms with E-state index >= 15 is 0 Å². The molecular weight excluding hydrogens is 190 g/mol. The zero-order valence-corrected chi connectivity index (χ0v) is 9.65. The van der Waals surface area contributed by atoms with E-state index < -0.39 is 4.92 Å². The van der Waals surface area contributed by atoms with Crippen LogP contribution >= 0.6 is 0 Å². The van der Waals surface area contributed by atoms with Crippen LogP contribution in [-0.2, 0) is 0 Å². The van der Waals surface area contributed by atoms with Gasteiger partial charge in [0.1, 0.15) is 0 Å². The predicted molar refractivity (Wildman–Crippen MR) is 63.3 cm³/mol. The quantitative estimate of drug-likeness (QED) is 0.549. The molecule has 0 unspecified atom stereocenters. The fourth-order valence-corrected chi connectivity index (χ4v) is 1.23. The van der Waals surface area contributed by atoms with Gasteiger partial charge in [-0.3, -0.25) is 10.1 Å². The molecule has 0 aliphatic carbocycles. The van der Waals surface area contributed by atoms with E-state index in [0.717, 1.165) is 22.9 Å². The molecule has 0 atom stereocenters. The lowest BCUT2D eigenvalue weighted by molar-refractivity contribution is -0.400. The molecular formula is C12H17NO2. The zero-order valence-electron chi connectivity index (χ0n) is 9.65. The lowest BCUT2D eigenvalue weighted by Gasteiger charge is -2.02. The average molecular weight is 207 g/mol. The van der Waals surface area contributed by atoms with Crippen LogP contribution in [0, 0.1) is 24.0 Å². The van der Waals surface area contributed by atoms with Crippen LogP contribution in [0.1, 0.15) is 30.5 Å². The minimum atomic E-state index is -0.453. The minimum Gasteiger partial charge on any atom is -0.259 e. The maximum Gasteiger partial charge on any atom is 0.235 e. The summed E-state index contributed by atoms with van der Waals surface area (Å²) in [7, 11) is 0. The van der Waals surface area contributed by atoms with Gasteiger partial charge in [0.25, 0.3) is 0 Å². The molecule has 0 saturated carbocycles. The number of aryl methyl sites for hydroxylation is 2. The SMILES string of the molecule is CC.Cc1cccc(C)c1/C=C/[N+](=O)[O-]. The Balaban J connectivity index is 0.000000921. The van der Waals surface area contributed by atoms with Crippen LogP contribution in [0.15, 0.2) is 24.4 Å². The standard InChI is InChI=1S/C10H11NO2.C2H6/c1-8-4-3-5-9(2)10(8)6-7-11(12)13;1-2/h3-7H,1-2H3;1-2H3/b7-6+;. The van der Waals surface area contributed by atoms with Crippen molar-refractivity contribution in [3.05, 3.63) is 51.2 Å². The molecule has 0 bridgehead atoms. The molecule has 0 aliphatic heterocycles. The van der Waals surface area contributed by atoms with Crippen LogP contribution in [0.5, 0.6) is 0 Å². The van der Waals surface area contributed by atoms with E-state index in [-0.39, 0.29) is 0 Å². The Hall–Kier alpha value is -1.64.